The third-order valence-corrected chi connectivity index (χ3v) is 9.23. The minimum atomic E-state index is -0.708. The van der Waals surface area contributed by atoms with E-state index in [-0.39, 0.29) is 11.6 Å². The van der Waals surface area contributed by atoms with E-state index in [0.29, 0.717) is 55.4 Å². The summed E-state index contributed by atoms with van der Waals surface area (Å²) in [5.41, 5.74) is 2.46. The van der Waals surface area contributed by atoms with Gasteiger partial charge in [0.05, 0.1) is 39.1 Å². The van der Waals surface area contributed by atoms with Gasteiger partial charge in [0.25, 0.3) is 11.8 Å². The molecular formula is C40H36ClN3O7S. The third kappa shape index (κ3) is 9.45. The second-order valence-electron chi connectivity index (χ2n) is 11.1. The van der Waals surface area contributed by atoms with Gasteiger partial charge in [0.1, 0.15) is 33.9 Å². The van der Waals surface area contributed by atoms with Crippen LogP contribution in [-0.4, -0.2) is 46.2 Å². The molecule has 52 heavy (non-hydrogen) atoms. The number of halogens is 1. The molecule has 5 rings (SSSR count). The van der Waals surface area contributed by atoms with Crippen molar-refractivity contribution in [2.24, 2.45) is 0 Å². The number of carbonyl (C=O) groups is 3. The second-order valence-corrected chi connectivity index (χ2v) is 12.6. The first-order valence-corrected chi connectivity index (χ1v) is 17.1. The molecule has 0 spiro atoms. The molecule has 0 fully saturated rings. The molecule has 1 unspecified atom stereocenters. The highest BCUT2D eigenvalue weighted by Gasteiger charge is 2.25. The number of ether oxygens (including phenoxy) is 4. The molecule has 0 heterocycles. The number of methoxy groups -OCH3 is 4. The van der Waals surface area contributed by atoms with Crippen LogP contribution in [0.2, 0.25) is 5.02 Å². The minimum Gasteiger partial charge on any atom is -0.497 e. The van der Waals surface area contributed by atoms with Crippen molar-refractivity contribution in [3.63, 3.8) is 0 Å². The number of rotatable bonds is 14. The molecule has 0 bridgehead atoms. The Bertz CT molecular complexity index is 2080. The third-order valence-electron chi connectivity index (χ3n) is 7.69. The number of hydrogen-bond donors (Lipinski definition) is 3. The summed E-state index contributed by atoms with van der Waals surface area (Å²) in [6, 6.07) is 33.2. The fourth-order valence-electron chi connectivity index (χ4n) is 5.07. The summed E-state index contributed by atoms with van der Waals surface area (Å²) >= 11 is 7.66. The highest BCUT2D eigenvalue weighted by molar-refractivity contribution is 8.00. The van der Waals surface area contributed by atoms with Crippen molar-refractivity contribution in [3.8, 4) is 23.0 Å². The summed E-state index contributed by atoms with van der Waals surface area (Å²) < 4.78 is 21.6. The molecule has 0 radical (unpaired) electrons. The molecule has 10 nitrogen and oxygen atoms in total. The summed E-state index contributed by atoms with van der Waals surface area (Å²) in [4.78, 5) is 41.6. The number of nitrogens with one attached hydrogen (secondary N) is 3. The predicted octanol–water partition coefficient (Wildman–Crippen LogP) is 8.26. The lowest BCUT2D eigenvalue weighted by Gasteiger charge is -2.19. The van der Waals surface area contributed by atoms with E-state index >= 15 is 0 Å². The molecule has 1 atom stereocenters. The van der Waals surface area contributed by atoms with Gasteiger partial charge in [-0.05, 0) is 60.2 Å². The van der Waals surface area contributed by atoms with E-state index in [9.17, 15) is 14.4 Å². The van der Waals surface area contributed by atoms with Gasteiger partial charge in [-0.3, -0.25) is 14.4 Å². The zero-order valence-electron chi connectivity index (χ0n) is 28.8. The van der Waals surface area contributed by atoms with Gasteiger partial charge in [-0.15, -0.1) is 11.8 Å². The molecule has 0 aliphatic rings. The van der Waals surface area contributed by atoms with E-state index in [1.807, 2.05) is 36.4 Å². The van der Waals surface area contributed by atoms with E-state index < -0.39 is 17.1 Å². The Balaban J connectivity index is 1.42. The molecule has 0 saturated carbocycles. The lowest BCUT2D eigenvalue weighted by Crippen LogP contribution is -2.30. The molecule has 0 aromatic heterocycles. The minimum absolute atomic E-state index is 0.0241. The van der Waals surface area contributed by atoms with Crippen molar-refractivity contribution in [2.45, 2.75) is 10.1 Å². The van der Waals surface area contributed by atoms with Crippen LogP contribution >= 0.6 is 23.4 Å². The Labute approximate surface area is 311 Å². The number of benzene rings is 5. The lowest BCUT2D eigenvalue weighted by molar-refractivity contribution is -0.116. The number of thioether (sulfide) groups is 1. The topological polar surface area (TPSA) is 124 Å². The normalized spacial score (nSPS) is 11.5. The number of anilines is 2. The summed E-state index contributed by atoms with van der Waals surface area (Å²) in [7, 11) is 6.03. The molecule has 5 aromatic rings. The number of carbonyl (C=O) groups excluding carboxylic acids is 3. The number of hydrogen-bond acceptors (Lipinski definition) is 8. The van der Waals surface area contributed by atoms with Crippen molar-refractivity contribution < 1.29 is 33.3 Å². The van der Waals surface area contributed by atoms with Crippen LogP contribution < -0.4 is 34.9 Å². The Kier molecular flexibility index (Phi) is 12.8. The quantitative estimate of drug-likeness (QED) is 0.0769. The fourth-order valence-corrected chi connectivity index (χ4v) is 6.40. The van der Waals surface area contributed by atoms with Crippen molar-refractivity contribution >= 4 is 58.5 Å². The van der Waals surface area contributed by atoms with Gasteiger partial charge in [0, 0.05) is 33.8 Å². The average Bonchev–Trinajstić information content (AvgIpc) is 3.17. The van der Waals surface area contributed by atoms with E-state index in [2.05, 4.69) is 16.0 Å². The van der Waals surface area contributed by atoms with Crippen LogP contribution in [0.25, 0.3) is 6.08 Å². The highest BCUT2D eigenvalue weighted by Crippen LogP contribution is 2.40. The Morgan fingerprint density at radius 3 is 2.06 bits per heavy atom. The van der Waals surface area contributed by atoms with Gasteiger partial charge in [-0.1, -0.05) is 66.2 Å². The van der Waals surface area contributed by atoms with E-state index in [1.165, 1.54) is 46.3 Å². The standard InChI is InChI=1S/C40H36ClN3O7S/c1-48-29-19-18-27(34(22-29)49-2)20-33(44-38(45)26-14-9-6-10-15-26)39(46)42-28-16-11-17-30(21-28)52-37(25-12-7-5-8-13-25)40(47)43-32-23-31(41)35(50-3)24-36(32)51-4/h5-24,37H,1-4H3,(H,42,46)(H,43,47)(H,44,45)/b33-20+. The largest absolute Gasteiger partial charge is 0.497 e. The molecule has 0 aliphatic carbocycles. The Morgan fingerprint density at radius 2 is 1.38 bits per heavy atom. The zero-order valence-corrected chi connectivity index (χ0v) is 30.3. The van der Waals surface area contributed by atoms with Crippen molar-refractivity contribution in [1.82, 2.24) is 5.32 Å². The Hall–Kier alpha value is -5.91. The first kappa shape index (κ1) is 37.3. The molecule has 0 saturated heterocycles. The maximum atomic E-state index is 13.9. The van der Waals surface area contributed by atoms with Crippen LogP contribution in [0, 0.1) is 0 Å². The van der Waals surface area contributed by atoms with Gasteiger partial charge in [0.2, 0.25) is 5.91 Å². The second kappa shape index (κ2) is 17.8. The molecule has 3 amide bonds. The molecule has 5 aromatic carbocycles. The monoisotopic (exact) mass is 737 g/mol. The summed E-state index contributed by atoms with van der Waals surface area (Å²) in [6.45, 7) is 0. The molecule has 3 N–H and O–H groups in total. The maximum Gasteiger partial charge on any atom is 0.272 e. The van der Waals surface area contributed by atoms with Crippen LogP contribution in [0.3, 0.4) is 0 Å². The maximum absolute atomic E-state index is 13.9. The predicted molar refractivity (Wildman–Crippen MR) is 205 cm³/mol. The van der Waals surface area contributed by atoms with Crippen molar-refractivity contribution in [1.29, 1.82) is 0 Å². The van der Waals surface area contributed by atoms with Crippen molar-refractivity contribution in [2.75, 3.05) is 39.1 Å². The van der Waals surface area contributed by atoms with Gasteiger partial charge < -0.3 is 34.9 Å². The zero-order chi connectivity index (χ0) is 37.0. The van der Waals surface area contributed by atoms with E-state index in [1.54, 1.807) is 78.9 Å². The first-order chi connectivity index (χ1) is 25.2. The Morgan fingerprint density at radius 1 is 0.692 bits per heavy atom. The highest BCUT2D eigenvalue weighted by atomic mass is 35.5. The van der Waals surface area contributed by atoms with Crippen LogP contribution in [-0.2, 0) is 9.59 Å². The summed E-state index contributed by atoms with van der Waals surface area (Å²) in [6.07, 6.45) is 1.53. The van der Waals surface area contributed by atoms with Crippen LogP contribution in [0.4, 0.5) is 11.4 Å². The molecular weight excluding hydrogens is 702 g/mol. The van der Waals surface area contributed by atoms with Crippen LogP contribution in [0.15, 0.2) is 126 Å². The molecule has 266 valence electrons. The SMILES string of the molecule is COc1ccc(/C=C(/NC(=O)c2ccccc2)C(=O)Nc2cccc(SC(C(=O)Nc3cc(Cl)c(OC)cc3OC)c3ccccc3)c2)c(OC)c1. The van der Waals surface area contributed by atoms with Crippen LogP contribution in [0.1, 0.15) is 26.7 Å². The smallest absolute Gasteiger partial charge is 0.272 e. The summed E-state index contributed by atoms with van der Waals surface area (Å²) in [5.74, 6) is 0.424. The number of amides is 3. The average molecular weight is 738 g/mol. The molecule has 12 heteroatoms. The van der Waals surface area contributed by atoms with Gasteiger partial charge in [-0.2, -0.15) is 0 Å². The first-order valence-electron chi connectivity index (χ1n) is 15.9. The van der Waals surface area contributed by atoms with Crippen LogP contribution in [0.5, 0.6) is 23.0 Å². The van der Waals surface area contributed by atoms with E-state index in [4.69, 9.17) is 30.5 Å². The summed E-state index contributed by atoms with van der Waals surface area (Å²) in [5, 5.41) is 8.18. The lowest BCUT2D eigenvalue weighted by atomic mass is 10.1. The van der Waals surface area contributed by atoms with Gasteiger partial charge in [-0.25, -0.2) is 0 Å². The van der Waals surface area contributed by atoms with Gasteiger partial charge in [0.15, 0.2) is 0 Å². The van der Waals surface area contributed by atoms with Crippen molar-refractivity contribution in [3.05, 3.63) is 143 Å². The van der Waals surface area contributed by atoms with Gasteiger partial charge >= 0.3 is 0 Å². The molecule has 0 aliphatic heterocycles. The fraction of sp³-hybridized carbons (Fsp3) is 0.125. The van der Waals surface area contributed by atoms with E-state index in [0.717, 1.165) is 5.56 Å².